The molecule has 0 saturated carbocycles. The van der Waals surface area contributed by atoms with Gasteiger partial charge in [0.1, 0.15) is 0 Å². The molecule has 1 N–H and O–H groups in total. The van der Waals surface area contributed by atoms with Crippen LogP contribution < -0.4 is 0 Å². The van der Waals surface area contributed by atoms with Gasteiger partial charge in [-0.2, -0.15) is 0 Å². The van der Waals surface area contributed by atoms with E-state index in [0.29, 0.717) is 12.5 Å². The van der Waals surface area contributed by atoms with Crippen LogP contribution in [0.3, 0.4) is 0 Å². The second-order valence-electron chi connectivity index (χ2n) is 32.1. The zero-order valence-electron chi connectivity index (χ0n) is 70.8. The third-order valence-corrected chi connectivity index (χ3v) is 20.4. The van der Waals surface area contributed by atoms with Crippen LogP contribution in [0.5, 0.6) is 0 Å². The molecule has 0 aliphatic heterocycles. The molecule has 0 aromatic carbocycles. The summed E-state index contributed by atoms with van der Waals surface area (Å²) >= 11 is 0. The minimum absolute atomic E-state index is 0.308. The molecule has 0 heterocycles. The lowest BCUT2D eigenvalue weighted by Crippen LogP contribution is -1.97. The predicted molar refractivity (Wildman–Crippen MR) is 463 cm³/mol. The fourth-order valence-corrected chi connectivity index (χ4v) is 12.7. The van der Waals surface area contributed by atoms with Gasteiger partial charge in [0, 0.05) is 6.61 Å². The van der Waals surface area contributed by atoms with Gasteiger partial charge >= 0.3 is 0 Å². The number of hydrogen-bond acceptors (Lipinski definition) is 1. The van der Waals surface area contributed by atoms with Crippen molar-refractivity contribution in [2.24, 2.45) is 5.92 Å². The molecule has 1 atom stereocenters. The first kappa shape index (κ1) is 96.0. The zero-order valence-corrected chi connectivity index (χ0v) is 70.8. The Bertz CT molecular complexity index is 2860. The summed E-state index contributed by atoms with van der Waals surface area (Å²) in [5.41, 5.74) is 28.9. The third-order valence-electron chi connectivity index (χ3n) is 20.4. The van der Waals surface area contributed by atoms with Crippen molar-refractivity contribution < 1.29 is 5.11 Å². The Morgan fingerprint density at radius 2 is 0.277 bits per heavy atom. The van der Waals surface area contributed by atoms with Gasteiger partial charge < -0.3 is 5.11 Å². The Hall–Kier alpha value is -4.98. The molecule has 0 spiro atoms. The Balaban J connectivity index is 4.35. The van der Waals surface area contributed by atoms with E-state index in [9.17, 15) is 0 Å². The van der Waals surface area contributed by atoms with Crippen molar-refractivity contribution in [1.29, 1.82) is 0 Å². The molecular weight excluding hydrogens is 1220 g/mol. The van der Waals surface area contributed by atoms with Gasteiger partial charge in [0.05, 0.1) is 0 Å². The highest BCUT2D eigenvalue weighted by atomic mass is 16.3. The average Bonchev–Trinajstić information content (AvgIpc) is 3.74. The molecule has 0 aromatic rings. The fraction of sp³-hybridized carbons (Fsp3) is 0.620. The minimum Gasteiger partial charge on any atom is -0.396 e. The highest BCUT2D eigenvalue weighted by Crippen LogP contribution is 2.23. The first-order valence-corrected chi connectivity index (χ1v) is 41.3. The van der Waals surface area contributed by atoms with Gasteiger partial charge in [-0.25, -0.2) is 0 Å². The molecule has 0 radical (unpaired) electrons. The fourth-order valence-electron chi connectivity index (χ4n) is 12.7. The number of rotatable bonds is 59. The summed E-state index contributed by atoms with van der Waals surface area (Å²) in [6.45, 7) is 48.5. The Labute approximate surface area is 631 Å². The van der Waals surface area contributed by atoms with Crippen LogP contribution in [0.25, 0.3) is 0 Å². The van der Waals surface area contributed by atoms with Crippen molar-refractivity contribution in [3.8, 4) is 0 Å². The molecule has 0 fully saturated rings. The highest BCUT2D eigenvalue weighted by molar-refractivity contribution is 5.15. The zero-order chi connectivity index (χ0) is 75.3. The number of hydrogen-bond donors (Lipinski definition) is 1. The van der Waals surface area contributed by atoms with E-state index in [-0.39, 0.29) is 0 Å². The molecule has 0 rings (SSSR count). The van der Waals surface area contributed by atoms with E-state index in [2.05, 4.69) is 261 Å². The predicted octanol–water partition coefficient (Wildman–Crippen LogP) is 33.8. The van der Waals surface area contributed by atoms with Gasteiger partial charge in [-0.15, -0.1) is 0 Å². The highest BCUT2D eigenvalue weighted by Gasteiger charge is 2.04. The first-order valence-electron chi connectivity index (χ1n) is 41.3. The van der Waals surface area contributed by atoms with Gasteiger partial charge in [-0.1, -0.05) is 228 Å². The first-order chi connectivity index (χ1) is 48.3. The molecule has 0 amide bonds. The third kappa shape index (κ3) is 65.5. The van der Waals surface area contributed by atoms with E-state index in [1.165, 1.54) is 228 Å². The molecule has 0 saturated heterocycles. The molecule has 101 heavy (non-hydrogen) atoms. The van der Waals surface area contributed by atoms with Crippen LogP contribution in [-0.4, -0.2) is 11.7 Å². The lowest BCUT2D eigenvalue weighted by atomic mass is 10.0. The molecule has 0 aromatic heterocycles. The van der Waals surface area contributed by atoms with Gasteiger partial charge in [0.15, 0.2) is 0 Å². The van der Waals surface area contributed by atoms with Crippen molar-refractivity contribution in [2.45, 2.75) is 396 Å². The van der Waals surface area contributed by atoms with Crippen LogP contribution in [0.1, 0.15) is 396 Å². The van der Waals surface area contributed by atoms with Crippen LogP contribution >= 0.6 is 0 Å². The standard InChI is InChI=1S/C100H164O/c1-81(2)41-22-42-82(3)43-23-44-83(4)45-24-46-84(5)47-25-48-85(6)49-26-50-86(7)51-27-52-87(8)53-28-54-88(9)55-29-56-89(10)57-30-58-90(11)59-31-60-91(12)61-32-62-92(13)63-33-64-93(14)65-34-66-94(15)67-35-68-95(16)69-36-70-96(17)71-37-72-97(18)73-38-74-98(19)75-39-76-99(20)77-40-78-100(21)79-80-101/h41,43,45,47,49,51,53,55,57,59,61,63,65,67,69,71,73,75,77,100-101H,22-40,42,44,46,48,50,52,54,56,58,60,62,64,66,68,70,72,74,76,78-80H2,1-21H3/b82-43-,83-45-,84-47-,85-49-,86-51-,87-53-,88-55-,89-57-,90-59-,91-61-,92-63-,93-65-,94-67-,95-69-,96-71-,97-73-,98-75-,99-77-/t100-/m0/s1. The Morgan fingerprint density at radius 1 is 0.168 bits per heavy atom. The van der Waals surface area contributed by atoms with Crippen LogP contribution in [0.15, 0.2) is 221 Å². The van der Waals surface area contributed by atoms with E-state index >= 15 is 0 Å². The smallest absolute Gasteiger partial charge is 0.0433 e. The van der Waals surface area contributed by atoms with Crippen LogP contribution in [0.2, 0.25) is 0 Å². The van der Waals surface area contributed by atoms with Gasteiger partial charge in [-0.3, -0.25) is 0 Å². The lowest BCUT2D eigenvalue weighted by Gasteiger charge is -2.07. The molecule has 0 unspecified atom stereocenters. The van der Waals surface area contributed by atoms with E-state index < -0.39 is 0 Å². The molecule has 570 valence electrons. The molecule has 0 bridgehead atoms. The summed E-state index contributed by atoms with van der Waals surface area (Å²) < 4.78 is 0. The maximum absolute atomic E-state index is 9.12. The van der Waals surface area contributed by atoms with E-state index in [0.717, 1.165) is 128 Å². The van der Waals surface area contributed by atoms with E-state index in [4.69, 9.17) is 5.11 Å². The van der Waals surface area contributed by atoms with E-state index in [1.54, 1.807) is 0 Å². The maximum atomic E-state index is 9.12. The maximum Gasteiger partial charge on any atom is 0.0433 e. The molecule has 1 heteroatoms. The summed E-state index contributed by atoms with van der Waals surface area (Å²) in [4.78, 5) is 0. The average molecular weight is 1380 g/mol. The Kier molecular flexibility index (Phi) is 61.4. The number of aliphatic hydroxyl groups excluding tert-OH is 1. The number of allylic oxidation sites excluding steroid dienone is 38. The Morgan fingerprint density at radius 3 is 0.386 bits per heavy atom. The minimum atomic E-state index is 0.308. The summed E-state index contributed by atoms with van der Waals surface area (Å²) in [6.07, 6.45) is 91.8. The SMILES string of the molecule is CC(C)=CCC/C(C)=C\CC/C(C)=C\CC/C(C)=C\CC/C(C)=C\CC/C(C)=C\CC/C(C)=C\CC/C(C)=C\CC/C(C)=C\CC/C(C)=C\CC/C(C)=C\CC/C(C)=C\CC/C(C)=C\CC/C(C)=C\CC/C(C)=C\CC/C(C)=C\CC/C(C)=C\CC/C(C)=C\CC/C(C)=C\CC[C@H](C)CCO. The normalized spacial score (nSPS) is 15.5. The van der Waals surface area contributed by atoms with Crippen LogP contribution in [-0.2, 0) is 0 Å². The van der Waals surface area contributed by atoms with Gasteiger partial charge in [0.2, 0.25) is 0 Å². The van der Waals surface area contributed by atoms with Crippen molar-refractivity contribution in [3.05, 3.63) is 221 Å². The molecule has 0 aliphatic carbocycles. The van der Waals surface area contributed by atoms with Crippen molar-refractivity contribution in [2.75, 3.05) is 6.61 Å². The van der Waals surface area contributed by atoms with E-state index in [1.807, 2.05) is 0 Å². The van der Waals surface area contributed by atoms with Gasteiger partial charge in [0.25, 0.3) is 0 Å². The second kappa shape index (κ2) is 64.6. The summed E-state index contributed by atoms with van der Waals surface area (Å²) in [6, 6.07) is 0. The molecule has 1 nitrogen and oxygen atoms in total. The van der Waals surface area contributed by atoms with Crippen molar-refractivity contribution >= 4 is 0 Å². The quantitative estimate of drug-likeness (QED) is 0.0602. The number of aliphatic hydroxyl groups is 1. The van der Waals surface area contributed by atoms with Crippen molar-refractivity contribution in [3.63, 3.8) is 0 Å². The molecule has 0 aliphatic rings. The summed E-state index contributed by atoms with van der Waals surface area (Å²) in [5.74, 6) is 0.611. The lowest BCUT2D eigenvalue weighted by molar-refractivity contribution is 0.259. The largest absolute Gasteiger partial charge is 0.396 e. The van der Waals surface area contributed by atoms with Gasteiger partial charge in [-0.05, 0) is 395 Å². The monoisotopic (exact) mass is 1380 g/mol. The van der Waals surface area contributed by atoms with Crippen LogP contribution in [0, 0.1) is 5.92 Å². The molecular formula is C100H164O. The summed E-state index contributed by atoms with van der Waals surface area (Å²) in [5, 5.41) is 9.12. The summed E-state index contributed by atoms with van der Waals surface area (Å²) in [7, 11) is 0. The second-order valence-corrected chi connectivity index (χ2v) is 32.1. The van der Waals surface area contributed by atoms with Crippen LogP contribution in [0.4, 0.5) is 0 Å². The topological polar surface area (TPSA) is 20.2 Å². The van der Waals surface area contributed by atoms with Crippen molar-refractivity contribution in [1.82, 2.24) is 0 Å².